The normalized spacial score (nSPS) is 15.6. The van der Waals surface area contributed by atoms with Gasteiger partial charge in [0.2, 0.25) is 5.88 Å². The predicted molar refractivity (Wildman–Crippen MR) is 144 cm³/mol. The standard InChI is InChI=1S/C30H31N5O/c1-3-36-28-19-23(9-13-32-28)24-17-25-26(18-24)31-14-10-27(25)35-15-11-22(12-16-35)30-33-20(2)29(34-30)21-7-5-4-6-8-21/h4-10,13-14,17,19,22H,3,11-12,15-16,18H2,1-2H3,(H,33,34). The molecule has 36 heavy (non-hydrogen) atoms. The number of rotatable bonds is 6. The van der Waals surface area contributed by atoms with Crippen LogP contribution in [0.2, 0.25) is 0 Å². The molecule has 6 heteroatoms. The van der Waals surface area contributed by atoms with Crippen molar-refractivity contribution in [3.63, 3.8) is 0 Å². The van der Waals surface area contributed by atoms with E-state index >= 15 is 0 Å². The molecule has 0 unspecified atom stereocenters. The van der Waals surface area contributed by atoms with E-state index in [1.165, 1.54) is 22.4 Å². The van der Waals surface area contributed by atoms with Crippen LogP contribution in [0.25, 0.3) is 22.9 Å². The number of ether oxygens (including phenoxy) is 1. The minimum absolute atomic E-state index is 0.451. The molecule has 0 bridgehead atoms. The average molecular weight is 478 g/mol. The van der Waals surface area contributed by atoms with E-state index in [1.54, 1.807) is 0 Å². The van der Waals surface area contributed by atoms with E-state index in [1.807, 2.05) is 31.5 Å². The van der Waals surface area contributed by atoms with Crippen molar-refractivity contribution in [1.29, 1.82) is 0 Å². The maximum atomic E-state index is 5.61. The fraction of sp³-hybridized carbons (Fsp3) is 0.300. The van der Waals surface area contributed by atoms with Crippen LogP contribution in [0.3, 0.4) is 0 Å². The van der Waals surface area contributed by atoms with E-state index in [-0.39, 0.29) is 0 Å². The quantitative estimate of drug-likeness (QED) is 0.366. The summed E-state index contributed by atoms with van der Waals surface area (Å²) in [5, 5.41) is 0. The second-order valence-electron chi connectivity index (χ2n) is 9.58. The number of allylic oxidation sites excluding steroid dienone is 1. The Morgan fingerprint density at radius 3 is 2.61 bits per heavy atom. The number of benzene rings is 1. The van der Waals surface area contributed by atoms with Crippen molar-refractivity contribution in [2.75, 3.05) is 24.6 Å². The average Bonchev–Trinajstić information content (AvgIpc) is 3.53. The largest absolute Gasteiger partial charge is 0.478 e. The van der Waals surface area contributed by atoms with Crippen LogP contribution in [0.4, 0.5) is 5.69 Å². The summed E-state index contributed by atoms with van der Waals surface area (Å²) in [4.78, 5) is 20.1. The molecule has 6 rings (SSSR count). The summed E-state index contributed by atoms with van der Waals surface area (Å²) in [5.74, 6) is 2.24. The number of H-pyrrole nitrogens is 1. The number of hydrogen-bond acceptors (Lipinski definition) is 5. The summed E-state index contributed by atoms with van der Waals surface area (Å²) in [5.41, 5.74) is 9.49. The summed E-state index contributed by atoms with van der Waals surface area (Å²) >= 11 is 0. The van der Waals surface area contributed by atoms with E-state index in [0.29, 0.717) is 18.4 Å². The van der Waals surface area contributed by atoms with E-state index < -0.39 is 0 Å². The van der Waals surface area contributed by atoms with Gasteiger partial charge in [0.15, 0.2) is 0 Å². The molecule has 3 aromatic heterocycles. The smallest absolute Gasteiger partial charge is 0.213 e. The SMILES string of the molecule is CCOc1cc(C2=Cc3c(N4CCC(c5nc(-c6ccccc6)c(C)[nH]5)CC4)ccnc3C2)ccn1. The monoisotopic (exact) mass is 477 g/mol. The van der Waals surface area contributed by atoms with Gasteiger partial charge in [-0.15, -0.1) is 0 Å². The number of piperidine rings is 1. The number of aryl methyl sites for hydroxylation is 1. The van der Waals surface area contributed by atoms with Gasteiger partial charge in [0, 0.05) is 66.4 Å². The topological polar surface area (TPSA) is 66.9 Å². The molecule has 1 aliphatic heterocycles. The van der Waals surface area contributed by atoms with Gasteiger partial charge in [-0.2, -0.15) is 0 Å². The first-order chi connectivity index (χ1) is 17.7. The third-order valence-electron chi connectivity index (χ3n) is 7.30. The van der Waals surface area contributed by atoms with Crippen molar-refractivity contribution in [3.8, 4) is 17.1 Å². The van der Waals surface area contributed by atoms with E-state index in [2.05, 4.69) is 64.3 Å². The Bertz CT molecular complexity index is 1400. The lowest BCUT2D eigenvalue weighted by atomic mass is 9.95. The second-order valence-corrected chi connectivity index (χ2v) is 9.58. The Balaban J connectivity index is 1.19. The Labute approximate surface area is 212 Å². The number of nitrogens with zero attached hydrogens (tertiary/aromatic N) is 4. The first-order valence-electron chi connectivity index (χ1n) is 12.8. The lowest BCUT2D eigenvalue weighted by Gasteiger charge is -2.33. The maximum absolute atomic E-state index is 5.61. The summed E-state index contributed by atoms with van der Waals surface area (Å²) in [6, 6.07) is 16.7. The van der Waals surface area contributed by atoms with Crippen molar-refractivity contribution < 1.29 is 4.74 Å². The van der Waals surface area contributed by atoms with Gasteiger partial charge in [-0.1, -0.05) is 30.3 Å². The first-order valence-corrected chi connectivity index (χ1v) is 12.8. The molecule has 4 aromatic rings. The van der Waals surface area contributed by atoms with Gasteiger partial charge < -0.3 is 14.6 Å². The van der Waals surface area contributed by atoms with Gasteiger partial charge >= 0.3 is 0 Å². The third kappa shape index (κ3) is 4.28. The van der Waals surface area contributed by atoms with Gasteiger partial charge in [0.25, 0.3) is 0 Å². The minimum Gasteiger partial charge on any atom is -0.478 e. The number of pyridine rings is 2. The minimum atomic E-state index is 0.451. The van der Waals surface area contributed by atoms with Gasteiger partial charge in [-0.3, -0.25) is 4.98 Å². The molecule has 1 N–H and O–H groups in total. The molecule has 6 nitrogen and oxygen atoms in total. The zero-order valence-electron chi connectivity index (χ0n) is 20.9. The van der Waals surface area contributed by atoms with Crippen LogP contribution in [0.5, 0.6) is 5.88 Å². The lowest BCUT2D eigenvalue weighted by molar-refractivity contribution is 0.327. The van der Waals surface area contributed by atoms with E-state index in [4.69, 9.17) is 14.7 Å². The molecule has 0 spiro atoms. The Morgan fingerprint density at radius 2 is 1.81 bits per heavy atom. The van der Waals surface area contributed by atoms with Crippen LogP contribution in [0.15, 0.2) is 60.9 Å². The summed E-state index contributed by atoms with van der Waals surface area (Å²) < 4.78 is 5.61. The van der Waals surface area contributed by atoms with Gasteiger partial charge in [0.1, 0.15) is 5.82 Å². The lowest BCUT2D eigenvalue weighted by Crippen LogP contribution is -2.33. The number of fused-ring (bicyclic) bond motifs is 1. The highest BCUT2D eigenvalue weighted by Crippen LogP contribution is 2.39. The van der Waals surface area contributed by atoms with Gasteiger partial charge in [-0.05, 0) is 56.0 Å². The Morgan fingerprint density at radius 1 is 1.00 bits per heavy atom. The molecule has 2 aliphatic rings. The Kier molecular flexibility index (Phi) is 6.01. The van der Waals surface area contributed by atoms with Crippen molar-refractivity contribution in [2.45, 2.75) is 39.0 Å². The molecule has 1 aromatic carbocycles. The molecule has 182 valence electrons. The second kappa shape index (κ2) is 9.61. The molecule has 4 heterocycles. The summed E-state index contributed by atoms with van der Waals surface area (Å²) in [6.45, 7) is 6.73. The molecule has 0 saturated carbocycles. The number of imidazole rings is 1. The predicted octanol–water partition coefficient (Wildman–Crippen LogP) is 6.05. The van der Waals surface area contributed by atoms with Crippen molar-refractivity contribution in [3.05, 3.63) is 89.3 Å². The number of aromatic amines is 1. The van der Waals surface area contributed by atoms with Crippen LogP contribution in [-0.4, -0.2) is 39.6 Å². The highest BCUT2D eigenvalue weighted by atomic mass is 16.5. The number of anilines is 1. The molecule has 0 amide bonds. The number of hydrogen-bond donors (Lipinski definition) is 1. The van der Waals surface area contributed by atoms with Crippen molar-refractivity contribution >= 4 is 17.3 Å². The molecular weight excluding hydrogens is 446 g/mol. The molecule has 0 atom stereocenters. The van der Waals surface area contributed by atoms with Crippen LogP contribution < -0.4 is 9.64 Å². The summed E-state index contributed by atoms with van der Waals surface area (Å²) in [6.07, 6.45) is 9.08. The first kappa shape index (κ1) is 22.5. The van der Waals surface area contributed by atoms with Crippen LogP contribution >= 0.6 is 0 Å². The number of aromatic nitrogens is 4. The van der Waals surface area contributed by atoms with Crippen LogP contribution in [0.1, 0.15) is 54.0 Å². The zero-order chi connectivity index (χ0) is 24.5. The van der Waals surface area contributed by atoms with Crippen LogP contribution in [-0.2, 0) is 6.42 Å². The molecule has 1 fully saturated rings. The van der Waals surface area contributed by atoms with E-state index in [9.17, 15) is 0 Å². The summed E-state index contributed by atoms with van der Waals surface area (Å²) in [7, 11) is 0. The van der Waals surface area contributed by atoms with Gasteiger partial charge in [0.05, 0.1) is 18.0 Å². The van der Waals surface area contributed by atoms with Crippen LogP contribution in [0, 0.1) is 6.92 Å². The molecular formula is C30H31N5O. The van der Waals surface area contributed by atoms with E-state index in [0.717, 1.165) is 60.8 Å². The third-order valence-corrected chi connectivity index (χ3v) is 7.30. The highest BCUT2D eigenvalue weighted by Gasteiger charge is 2.27. The fourth-order valence-corrected chi connectivity index (χ4v) is 5.45. The molecule has 1 saturated heterocycles. The van der Waals surface area contributed by atoms with Gasteiger partial charge in [-0.25, -0.2) is 9.97 Å². The fourth-order valence-electron chi connectivity index (χ4n) is 5.45. The number of nitrogens with one attached hydrogen (secondary N) is 1. The van der Waals surface area contributed by atoms with Crippen molar-refractivity contribution in [1.82, 2.24) is 19.9 Å². The Hall–Kier alpha value is -3.93. The van der Waals surface area contributed by atoms with Crippen molar-refractivity contribution in [2.24, 2.45) is 0 Å². The molecule has 1 aliphatic carbocycles. The maximum Gasteiger partial charge on any atom is 0.213 e. The zero-order valence-corrected chi connectivity index (χ0v) is 20.9. The highest BCUT2D eigenvalue weighted by molar-refractivity contribution is 5.92. The molecule has 0 radical (unpaired) electrons.